The van der Waals surface area contributed by atoms with E-state index in [1.165, 1.54) is 0 Å². The molecule has 0 N–H and O–H groups in total. The van der Waals surface area contributed by atoms with E-state index in [1.54, 1.807) is 0 Å². The van der Waals surface area contributed by atoms with Crippen molar-refractivity contribution in [3.63, 3.8) is 0 Å². The summed E-state index contributed by atoms with van der Waals surface area (Å²) in [7, 11) is 0. The Labute approximate surface area is 261 Å². The predicted octanol–water partition coefficient (Wildman–Crippen LogP) is 8.47. The fraction of sp³-hybridized carbons (Fsp3) is 0. The van der Waals surface area contributed by atoms with Crippen LogP contribution in [0.5, 0.6) is 0 Å². The SMILES string of the molecule is [Se]c1ccc2cc(-c3nc(-c4ccccc4)nc(-c4ccc5c(c4)oc4ccccc45)n3)ccc2c1N=Cc1ccccc1. The molecule has 0 amide bonds. The molecular formula is C38H23N4OSe. The Kier molecular flexibility index (Phi) is 6.56. The molecule has 1 radical (unpaired) electrons. The van der Waals surface area contributed by atoms with Gasteiger partial charge in [-0.3, -0.25) is 0 Å². The van der Waals surface area contributed by atoms with Crippen molar-refractivity contribution in [2.45, 2.75) is 0 Å². The van der Waals surface area contributed by atoms with Gasteiger partial charge in [0.1, 0.15) is 5.58 Å². The summed E-state index contributed by atoms with van der Waals surface area (Å²) in [6, 6.07) is 44.7. The predicted molar refractivity (Wildman–Crippen MR) is 180 cm³/mol. The quantitative estimate of drug-likeness (QED) is 0.141. The average molecular weight is 631 g/mol. The molecule has 5 nitrogen and oxygen atoms in total. The summed E-state index contributed by atoms with van der Waals surface area (Å²) in [6.45, 7) is 0. The van der Waals surface area contributed by atoms with E-state index in [1.807, 2.05) is 91.1 Å². The van der Waals surface area contributed by atoms with Crippen LogP contribution in [0.4, 0.5) is 5.69 Å². The van der Waals surface area contributed by atoms with Crippen molar-refractivity contribution >= 4 is 65.1 Å². The first kappa shape index (κ1) is 26.2. The summed E-state index contributed by atoms with van der Waals surface area (Å²) in [5.41, 5.74) is 6.29. The summed E-state index contributed by atoms with van der Waals surface area (Å²) in [4.78, 5) is 19.7. The third kappa shape index (κ3) is 4.86. The van der Waals surface area contributed by atoms with Gasteiger partial charge in [0.2, 0.25) is 0 Å². The van der Waals surface area contributed by atoms with Crippen LogP contribution in [0.3, 0.4) is 0 Å². The number of fused-ring (bicyclic) bond motifs is 4. The van der Waals surface area contributed by atoms with Crippen LogP contribution >= 0.6 is 0 Å². The van der Waals surface area contributed by atoms with E-state index in [9.17, 15) is 0 Å². The summed E-state index contributed by atoms with van der Waals surface area (Å²) in [5, 5.41) is 4.25. The second-order valence-corrected chi connectivity index (χ2v) is 11.4. The van der Waals surface area contributed by atoms with Gasteiger partial charge in [0.25, 0.3) is 0 Å². The zero-order valence-electron chi connectivity index (χ0n) is 23.4. The summed E-state index contributed by atoms with van der Waals surface area (Å²) in [6.07, 6.45) is 1.90. The second-order valence-electron chi connectivity index (χ2n) is 10.5. The number of aliphatic imine (C=N–C) groups is 1. The molecule has 8 aromatic rings. The summed E-state index contributed by atoms with van der Waals surface area (Å²) in [5.74, 6) is 1.80. The Morgan fingerprint density at radius 3 is 1.91 bits per heavy atom. The minimum absolute atomic E-state index is 0.586. The molecule has 0 unspecified atom stereocenters. The first-order valence-corrected chi connectivity index (χ1v) is 15.1. The molecule has 0 aliphatic carbocycles. The molecule has 0 saturated heterocycles. The van der Waals surface area contributed by atoms with Crippen LogP contribution < -0.4 is 4.46 Å². The third-order valence-corrected chi connectivity index (χ3v) is 8.35. The van der Waals surface area contributed by atoms with Gasteiger partial charge >= 0.3 is 212 Å². The van der Waals surface area contributed by atoms with E-state index in [0.717, 1.165) is 65.1 Å². The van der Waals surface area contributed by atoms with Gasteiger partial charge in [0.15, 0.2) is 0 Å². The fourth-order valence-corrected chi connectivity index (χ4v) is 5.94. The van der Waals surface area contributed by atoms with Gasteiger partial charge in [-0.1, -0.05) is 24.3 Å². The topological polar surface area (TPSA) is 64.2 Å². The monoisotopic (exact) mass is 631 g/mol. The Hall–Kier alpha value is -5.42. The number of aromatic nitrogens is 3. The van der Waals surface area contributed by atoms with Crippen molar-refractivity contribution in [1.82, 2.24) is 15.0 Å². The molecule has 0 spiro atoms. The molecule has 8 rings (SSSR count). The maximum absolute atomic E-state index is 6.18. The molecule has 0 aliphatic rings. The zero-order chi connectivity index (χ0) is 29.5. The van der Waals surface area contributed by atoms with E-state index in [2.05, 4.69) is 64.5 Å². The molecule has 0 fully saturated rings. The molecule has 0 saturated carbocycles. The van der Waals surface area contributed by atoms with E-state index in [-0.39, 0.29) is 0 Å². The van der Waals surface area contributed by atoms with Gasteiger partial charge in [-0.2, -0.15) is 0 Å². The van der Waals surface area contributed by atoms with Crippen molar-refractivity contribution in [3.8, 4) is 34.2 Å². The molecule has 6 aromatic carbocycles. The Balaban J connectivity index is 1.26. The number of nitrogens with zero attached hydrogens (tertiary/aromatic N) is 4. The van der Waals surface area contributed by atoms with Gasteiger partial charge in [0.05, 0.1) is 0 Å². The second kappa shape index (κ2) is 11.0. The Bertz CT molecular complexity index is 2350. The maximum atomic E-state index is 6.18. The van der Waals surface area contributed by atoms with Gasteiger partial charge in [0, 0.05) is 10.8 Å². The van der Waals surface area contributed by atoms with E-state index >= 15 is 0 Å². The number of para-hydroxylation sites is 1. The zero-order valence-corrected chi connectivity index (χ0v) is 25.1. The number of rotatable bonds is 5. The van der Waals surface area contributed by atoms with Crippen LogP contribution in [-0.2, 0) is 0 Å². The fourth-order valence-electron chi connectivity index (χ4n) is 5.46. The van der Waals surface area contributed by atoms with E-state index < -0.39 is 0 Å². The van der Waals surface area contributed by atoms with Crippen LogP contribution in [0.2, 0.25) is 0 Å². The normalized spacial score (nSPS) is 11.6. The van der Waals surface area contributed by atoms with E-state index in [0.29, 0.717) is 17.5 Å². The summed E-state index contributed by atoms with van der Waals surface area (Å²) >= 11 is 3.16. The van der Waals surface area contributed by atoms with Crippen LogP contribution in [-0.4, -0.2) is 37.2 Å². The number of furan rings is 1. The Morgan fingerprint density at radius 2 is 1.14 bits per heavy atom. The molecule has 2 heterocycles. The molecular weight excluding hydrogens is 607 g/mol. The number of hydrogen-bond donors (Lipinski definition) is 0. The molecule has 2 aromatic heterocycles. The summed E-state index contributed by atoms with van der Waals surface area (Å²) < 4.78 is 7.17. The molecule has 44 heavy (non-hydrogen) atoms. The Morgan fingerprint density at radius 1 is 0.523 bits per heavy atom. The first-order valence-electron chi connectivity index (χ1n) is 14.3. The number of benzene rings is 6. The standard InChI is InChI=1S/C38H23N4OSe/c44-34-20-17-26-21-27(15-18-29(26)35(34)39-23-24-9-3-1-4-10-24)37-40-36(25-11-5-2-6-12-25)41-38(42-37)28-16-19-31-30-13-7-8-14-32(30)43-33(31)22-28/h1-23H. The molecule has 0 bridgehead atoms. The molecule has 207 valence electrons. The van der Waals surface area contributed by atoms with Crippen molar-refractivity contribution in [1.29, 1.82) is 0 Å². The van der Waals surface area contributed by atoms with Crippen LogP contribution in [0, 0.1) is 0 Å². The average Bonchev–Trinajstić information content (AvgIpc) is 3.46. The van der Waals surface area contributed by atoms with Crippen molar-refractivity contribution < 1.29 is 4.42 Å². The van der Waals surface area contributed by atoms with Gasteiger partial charge in [-0.05, 0) is 6.07 Å². The molecule has 0 atom stereocenters. The number of hydrogen-bond acceptors (Lipinski definition) is 5. The van der Waals surface area contributed by atoms with Crippen molar-refractivity contribution in [2.75, 3.05) is 0 Å². The van der Waals surface area contributed by atoms with Crippen LogP contribution in [0.15, 0.2) is 143 Å². The van der Waals surface area contributed by atoms with Crippen molar-refractivity contribution in [2.24, 2.45) is 4.99 Å². The van der Waals surface area contributed by atoms with Gasteiger partial charge in [-0.15, -0.1) is 0 Å². The van der Waals surface area contributed by atoms with E-state index in [4.69, 9.17) is 24.4 Å². The van der Waals surface area contributed by atoms with Gasteiger partial charge in [-0.25, -0.2) is 0 Å². The van der Waals surface area contributed by atoms with Crippen LogP contribution in [0.25, 0.3) is 66.9 Å². The van der Waals surface area contributed by atoms with Crippen LogP contribution in [0.1, 0.15) is 5.56 Å². The molecule has 6 heteroatoms. The minimum atomic E-state index is 0.586. The third-order valence-electron chi connectivity index (χ3n) is 7.66. The van der Waals surface area contributed by atoms with Crippen molar-refractivity contribution in [3.05, 3.63) is 139 Å². The first-order chi connectivity index (χ1) is 21.7. The van der Waals surface area contributed by atoms with Gasteiger partial charge < -0.3 is 4.42 Å². The molecule has 0 aliphatic heterocycles.